The number of nitrogens with one attached hydrogen (secondary N) is 1. The number of benzene rings is 1. The number of ether oxygens (including phenoxy) is 2. The molecule has 1 amide bonds. The summed E-state index contributed by atoms with van der Waals surface area (Å²) < 4.78 is 10.5. The van der Waals surface area contributed by atoms with Gasteiger partial charge in [0.05, 0.1) is 12.6 Å². The third-order valence-corrected chi connectivity index (χ3v) is 2.98. The van der Waals surface area contributed by atoms with Crippen molar-refractivity contribution in [1.29, 1.82) is 0 Å². The molecule has 0 aliphatic rings. The lowest BCUT2D eigenvalue weighted by Crippen LogP contribution is -2.41. The first kappa shape index (κ1) is 20.7. The highest BCUT2D eigenvalue weighted by Gasteiger charge is 2.14. The third-order valence-electron chi connectivity index (χ3n) is 2.98. The molecule has 0 radical (unpaired) electrons. The van der Waals surface area contributed by atoms with Gasteiger partial charge in [0.1, 0.15) is 12.4 Å². The zero-order valence-electron chi connectivity index (χ0n) is 13.5. The molecule has 0 aliphatic heterocycles. The first-order valence-corrected chi connectivity index (χ1v) is 7.27. The molecule has 5 nitrogen and oxygen atoms in total. The van der Waals surface area contributed by atoms with E-state index in [0.717, 1.165) is 11.3 Å². The van der Waals surface area contributed by atoms with Gasteiger partial charge in [-0.25, -0.2) is 0 Å². The van der Waals surface area contributed by atoms with Gasteiger partial charge in [-0.15, -0.1) is 12.4 Å². The van der Waals surface area contributed by atoms with Crippen LogP contribution in [0.15, 0.2) is 24.3 Å². The lowest BCUT2D eigenvalue weighted by atomic mass is 10.0. The average Bonchev–Trinajstić information content (AvgIpc) is 2.45. The monoisotopic (exact) mass is 330 g/mol. The minimum atomic E-state index is -0.453. The fourth-order valence-corrected chi connectivity index (χ4v) is 1.92. The van der Waals surface area contributed by atoms with Crippen LogP contribution in [-0.2, 0) is 16.1 Å². The van der Waals surface area contributed by atoms with Crippen LogP contribution in [0, 0.1) is 5.92 Å². The molecule has 0 aliphatic carbocycles. The van der Waals surface area contributed by atoms with E-state index in [-0.39, 0.29) is 18.3 Å². The van der Waals surface area contributed by atoms with Gasteiger partial charge in [0.25, 0.3) is 0 Å². The van der Waals surface area contributed by atoms with E-state index in [9.17, 15) is 4.79 Å². The van der Waals surface area contributed by atoms with E-state index in [1.54, 1.807) is 7.11 Å². The molecule has 0 unspecified atom stereocenters. The molecule has 3 N–H and O–H groups in total. The van der Waals surface area contributed by atoms with Crippen LogP contribution in [0.3, 0.4) is 0 Å². The fraction of sp³-hybridized carbons (Fsp3) is 0.562. The lowest BCUT2D eigenvalue weighted by molar-refractivity contribution is -0.122. The summed E-state index contributed by atoms with van der Waals surface area (Å²) in [4.78, 5) is 11.9. The van der Waals surface area contributed by atoms with E-state index >= 15 is 0 Å². The van der Waals surface area contributed by atoms with E-state index in [4.69, 9.17) is 15.2 Å². The average molecular weight is 331 g/mol. The second kappa shape index (κ2) is 11.3. The summed E-state index contributed by atoms with van der Waals surface area (Å²) in [5.41, 5.74) is 6.82. The first-order chi connectivity index (χ1) is 10.0. The number of carbonyl (C=O) groups excluding carboxylic acids is 1. The summed E-state index contributed by atoms with van der Waals surface area (Å²) in [6.07, 6.45) is 0.687. The molecule has 0 bridgehead atoms. The highest BCUT2D eigenvalue weighted by molar-refractivity contribution is 5.85. The van der Waals surface area contributed by atoms with Gasteiger partial charge in [0, 0.05) is 13.7 Å². The van der Waals surface area contributed by atoms with Gasteiger partial charge in [-0.2, -0.15) is 0 Å². The number of carbonyl (C=O) groups is 1. The van der Waals surface area contributed by atoms with Gasteiger partial charge >= 0.3 is 0 Å². The zero-order valence-corrected chi connectivity index (χ0v) is 14.3. The highest BCUT2D eigenvalue weighted by Crippen LogP contribution is 2.13. The maximum Gasteiger partial charge on any atom is 0.237 e. The van der Waals surface area contributed by atoms with Gasteiger partial charge in [0.2, 0.25) is 5.91 Å². The summed E-state index contributed by atoms with van der Waals surface area (Å²) in [7, 11) is 1.63. The smallest absolute Gasteiger partial charge is 0.237 e. The van der Waals surface area contributed by atoms with Crippen molar-refractivity contribution in [1.82, 2.24) is 5.32 Å². The molecule has 1 rings (SSSR count). The summed E-state index contributed by atoms with van der Waals surface area (Å²) in [5, 5.41) is 2.85. The van der Waals surface area contributed by atoms with Crippen LogP contribution in [0.25, 0.3) is 0 Å². The van der Waals surface area contributed by atoms with Gasteiger partial charge in [-0.3, -0.25) is 4.79 Å². The van der Waals surface area contributed by atoms with Crippen molar-refractivity contribution in [3.8, 4) is 5.75 Å². The number of halogens is 1. The van der Waals surface area contributed by atoms with E-state index < -0.39 is 6.04 Å². The molecular weight excluding hydrogens is 304 g/mol. The number of methoxy groups -OCH3 is 1. The van der Waals surface area contributed by atoms with E-state index in [2.05, 4.69) is 5.32 Å². The predicted molar refractivity (Wildman–Crippen MR) is 90.3 cm³/mol. The number of amides is 1. The van der Waals surface area contributed by atoms with Crippen molar-refractivity contribution >= 4 is 18.3 Å². The molecule has 0 fully saturated rings. The van der Waals surface area contributed by atoms with E-state index in [1.807, 2.05) is 38.1 Å². The van der Waals surface area contributed by atoms with Gasteiger partial charge in [-0.05, 0) is 30.0 Å². The van der Waals surface area contributed by atoms with Crippen molar-refractivity contribution in [2.75, 3.05) is 20.3 Å². The minimum Gasteiger partial charge on any atom is -0.491 e. The standard InChI is InChI=1S/C16H26N2O3.ClH/c1-12(2)9-15(17)16(19)18-11-13-5-4-6-14(10-13)21-8-7-20-3;/h4-6,10,12,15H,7-9,11,17H2,1-3H3,(H,18,19);1H/t15-;/m0./s1. The molecule has 0 saturated heterocycles. The molecule has 126 valence electrons. The number of rotatable bonds is 9. The van der Waals surface area contributed by atoms with Crippen LogP contribution in [-0.4, -0.2) is 32.3 Å². The summed E-state index contributed by atoms with van der Waals surface area (Å²) in [5.74, 6) is 1.06. The SMILES string of the molecule is COCCOc1cccc(CNC(=O)[C@@H](N)CC(C)C)c1.Cl. The Kier molecular flexibility index (Phi) is 10.6. The van der Waals surface area contributed by atoms with Crippen LogP contribution >= 0.6 is 12.4 Å². The maximum atomic E-state index is 11.9. The van der Waals surface area contributed by atoms with E-state index in [1.165, 1.54) is 0 Å². The van der Waals surface area contributed by atoms with Crippen LogP contribution < -0.4 is 15.8 Å². The normalized spacial score (nSPS) is 11.7. The second-order valence-electron chi connectivity index (χ2n) is 5.44. The molecule has 6 heteroatoms. The van der Waals surface area contributed by atoms with Crippen LogP contribution in [0.5, 0.6) is 5.75 Å². The van der Waals surface area contributed by atoms with Crippen LogP contribution in [0.2, 0.25) is 0 Å². The summed E-state index contributed by atoms with van der Waals surface area (Å²) in [6, 6.07) is 7.18. The lowest BCUT2D eigenvalue weighted by Gasteiger charge is -2.14. The first-order valence-electron chi connectivity index (χ1n) is 7.27. The molecular formula is C16H27ClN2O3. The quantitative estimate of drug-likeness (QED) is 0.680. The molecule has 0 saturated carbocycles. The van der Waals surface area contributed by atoms with Crippen molar-refractivity contribution in [2.24, 2.45) is 11.7 Å². The van der Waals surface area contributed by atoms with Gasteiger partial charge in [-0.1, -0.05) is 26.0 Å². The highest BCUT2D eigenvalue weighted by atomic mass is 35.5. The van der Waals surface area contributed by atoms with Crippen molar-refractivity contribution in [3.63, 3.8) is 0 Å². The topological polar surface area (TPSA) is 73.6 Å². The molecule has 1 atom stereocenters. The largest absolute Gasteiger partial charge is 0.491 e. The number of nitrogens with two attached hydrogens (primary N) is 1. The third kappa shape index (κ3) is 8.22. The predicted octanol–water partition coefficient (Wildman–Crippen LogP) is 2.12. The van der Waals surface area contributed by atoms with Gasteiger partial charge < -0.3 is 20.5 Å². The molecule has 0 heterocycles. The van der Waals surface area contributed by atoms with Crippen molar-refractivity contribution in [2.45, 2.75) is 32.9 Å². The Morgan fingerprint density at radius 2 is 2.05 bits per heavy atom. The molecule has 1 aromatic carbocycles. The number of hydrogen-bond acceptors (Lipinski definition) is 4. The molecule has 22 heavy (non-hydrogen) atoms. The van der Waals surface area contributed by atoms with Crippen LogP contribution in [0.4, 0.5) is 0 Å². The van der Waals surface area contributed by atoms with Gasteiger partial charge in [0.15, 0.2) is 0 Å². The zero-order chi connectivity index (χ0) is 15.7. The Morgan fingerprint density at radius 3 is 2.68 bits per heavy atom. The summed E-state index contributed by atoms with van der Waals surface area (Å²) >= 11 is 0. The van der Waals surface area contributed by atoms with Crippen LogP contribution in [0.1, 0.15) is 25.8 Å². The molecule has 0 aromatic heterocycles. The Balaban J connectivity index is 0.00000441. The number of hydrogen-bond donors (Lipinski definition) is 2. The Labute approximate surface area is 139 Å². The maximum absolute atomic E-state index is 11.9. The fourth-order valence-electron chi connectivity index (χ4n) is 1.92. The molecule has 0 spiro atoms. The Bertz CT molecular complexity index is 441. The second-order valence-corrected chi connectivity index (χ2v) is 5.44. The van der Waals surface area contributed by atoms with Crippen molar-refractivity contribution in [3.05, 3.63) is 29.8 Å². The Hall–Kier alpha value is -1.30. The molecule has 1 aromatic rings. The summed E-state index contributed by atoms with van der Waals surface area (Å²) in [6.45, 7) is 5.60. The van der Waals surface area contributed by atoms with Crippen molar-refractivity contribution < 1.29 is 14.3 Å². The van der Waals surface area contributed by atoms with E-state index in [0.29, 0.717) is 32.1 Å². The Morgan fingerprint density at radius 1 is 1.32 bits per heavy atom. The minimum absolute atomic E-state index is 0.